The fourth-order valence-electron chi connectivity index (χ4n) is 14.6. The van der Waals surface area contributed by atoms with Gasteiger partial charge in [-0.15, -0.1) is 18.2 Å². The zero-order valence-corrected chi connectivity index (χ0v) is 57.3. The molecule has 3 heterocycles. The summed E-state index contributed by atoms with van der Waals surface area (Å²) in [5.41, 5.74) is 26.2. The molecule has 0 spiro atoms. The summed E-state index contributed by atoms with van der Waals surface area (Å²) < 4.78 is 0. The second-order valence-electron chi connectivity index (χ2n) is 29.4. The van der Waals surface area contributed by atoms with Crippen molar-refractivity contribution in [3.8, 4) is 0 Å². The van der Waals surface area contributed by atoms with Crippen LogP contribution < -0.4 is 34.3 Å². The number of hydrogen-bond acceptors (Lipinski definition) is 7. The van der Waals surface area contributed by atoms with Crippen LogP contribution in [-0.4, -0.2) is 10.1 Å². The number of fused-ring (bicyclic) bond motifs is 6. The van der Waals surface area contributed by atoms with E-state index in [4.69, 9.17) is 0 Å². The summed E-state index contributed by atoms with van der Waals surface area (Å²) in [5, 5.41) is 0. The molecule has 0 aliphatic carbocycles. The molecule has 8 heteroatoms. The fraction of sp³-hybridized carbons (Fsp3) is 0.182. The maximum atomic E-state index is 4.06. The average Bonchev–Trinajstić information content (AvgIpc) is 0.719. The largest absolute Gasteiger partial charge is 2.00 e. The van der Waals surface area contributed by atoms with Gasteiger partial charge in [-0.1, -0.05) is 246 Å². The minimum atomic E-state index is -0.186. The van der Waals surface area contributed by atoms with Gasteiger partial charge in [-0.25, -0.2) is 0 Å². The van der Waals surface area contributed by atoms with E-state index >= 15 is 0 Å². The molecule has 0 atom stereocenters. The quantitative estimate of drug-likeness (QED) is 0.0993. The Kier molecular flexibility index (Phi) is 15.7. The SMILES string of the molecule is CC(C)(C)c1ccccc1N(c1c[c-]c2c(c1)N(c1ccccc1)c1ccccc1N2c1[c-]cc2c(c1)N1c3ccccc3N(c3ccccc3)c3cc(N(c4ccccc4C(C)(C)C)c4ccccc4C(C)(C)C)cc(c31)N2c1ccccc1)c1ccccc1C(C)(C)C.[Be+2]. The van der Waals surface area contributed by atoms with Gasteiger partial charge in [0.15, 0.2) is 0 Å². The van der Waals surface area contributed by atoms with Gasteiger partial charge in [-0.2, -0.15) is 18.2 Å². The molecule has 0 radical (unpaired) electrons. The van der Waals surface area contributed by atoms with Crippen LogP contribution in [0.4, 0.5) is 119 Å². The molecule has 0 aromatic heterocycles. The van der Waals surface area contributed by atoms with Crippen molar-refractivity contribution in [3.05, 3.63) is 307 Å². The summed E-state index contributed by atoms with van der Waals surface area (Å²) in [4.78, 5) is 17.3. The maximum absolute atomic E-state index is 4.06. The Hall–Kier alpha value is -10.6. The van der Waals surface area contributed by atoms with Crippen LogP contribution in [0, 0.1) is 12.1 Å². The standard InChI is InChI=1S/C88H81N7.Be/c1-85(2,3)66-40-22-26-44-70(66)92(71-45-27-23-41-67(71)86(4,5)6)63-52-54-78-80(56-63)89(60-34-16-13-17-35-60)74-48-30-31-49-75(74)93(78)64-53-55-79-81(57-64)95-77-51-33-32-50-76(77)90(61-36-18-14-19-37-61)82-58-65(59-83(84(82)95)91(79)62-38-20-15-21-39-62)94(72-46-28-24-42-68(72)87(7,8)9)73-47-29-25-43-69(73)88(10,11)12;/h13-52,55-59H,1-12H3;/q-2;+2. The van der Waals surface area contributed by atoms with E-state index in [0.29, 0.717) is 0 Å². The first-order valence-corrected chi connectivity index (χ1v) is 33.4. The molecule has 470 valence electrons. The summed E-state index contributed by atoms with van der Waals surface area (Å²) in [6, 6.07) is 108. The first-order valence-electron chi connectivity index (χ1n) is 33.4. The number of nitrogens with zero attached hydrogens (tertiary/aromatic N) is 7. The molecular formula is C88H81BeN7. The first-order chi connectivity index (χ1) is 45.7. The van der Waals surface area contributed by atoms with Crippen LogP contribution >= 0.6 is 0 Å². The van der Waals surface area contributed by atoms with Crippen LogP contribution in [0.2, 0.25) is 0 Å². The second kappa shape index (κ2) is 24.0. The van der Waals surface area contributed by atoms with E-state index in [0.717, 1.165) is 119 Å². The van der Waals surface area contributed by atoms with Crippen molar-refractivity contribution in [1.82, 2.24) is 0 Å². The summed E-state index contributed by atoms with van der Waals surface area (Å²) in [5.74, 6) is 0. The zero-order chi connectivity index (χ0) is 65.7. The van der Waals surface area contributed by atoms with E-state index in [1.54, 1.807) is 0 Å². The third-order valence-corrected chi connectivity index (χ3v) is 18.8. The van der Waals surface area contributed by atoms with Gasteiger partial charge in [0, 0.05) is 39.8 Å². The smallest absolute Gasteiger partial charge is 0.365 e. The Morgan fingerprint density at radius 1 is 0.260 bits per heavy atom. The molecule has 3 aliphatic heterocycles. The van der Waals surface area contributed by atoms with E-state index in [1.165, 1.54) is 22.3 Å². The molecule has 0 amide bonds. The zero-order valence-electron chi connectivity index (χ0n) is 57.3. The van der Waals surface area contributed by atoms with E-state index in [-0.39, 0.29) is 31.8 Å². The molecule has 12 aromatic rings. The van der Waals surface area contributed by atoms with Crippen LogP contribution in [0.5, 0.6) is 0 Å². The number of rotatable bonds is 10. The van der Waals surface area contributed by atoms with Crippen molar-refractivity contribution in [2.75, 3.05) is 34.3 Å². The Bertz CT molecular complexity index is 4750. The predicted molar refractivity (Wildman–Crippen MR) is 408 cm³/mol. The van der Waals surface area contributed by atoms with E-state index in [9.17, 15) is 0 Å². The molecule has 0 unspecified atom stereocenters. The van der Waals surface area contributed by atoms with E-state index in [2.05, 4.69) is 403 Å². The third-order valence-electron chi connectivity index (χ3n) is 18.8. The molecule has 0 fully saturated rings. The molecular weight excluding hydrogens is 1160 g/mol. The minimum absolute atomic E-state index is 0. The van der Waals surface area contributed by atoms with Crippen LogP contribution in [-0.2, 0) is 21.7 Å². The number of benzene rings is 12. The number of anilines is 21. The van der Waals surface area contributed by atoms with Crippen molar-refractivity contribution in [3.63, 3.8) is 0 Å². The molecule has 0 N–H and O–H groups in total. The van der Waals surface area contributed by atoms with Crippen LogP contribution in [0.15, 0.2) is 273 Å². The molecule has 3 aliphatic rings. The first kappa shape index (κ1) is 62.8. The molecule has 15 rings (SSSR count). The Labute approximate surface area is 572 Å². The van der Waals surface area contributed by atoms with Gasteiger partial charge in [0.1, 0.15) is 0 Å². The van der Waals surface area contributed by atoms with Gasteiger partial charge in [-0.05, 0) is 164 Å². The molecule has 0 saturated carbocycles. The Morgan fingerprint density at radius 3 is 0.969 bits per heavy atom. The van der Waals surface area contributed by atoms with Gasteiger partial charge >= 0.3 is 10.1 Å². The van der Waals surface area contributed by atoms with Crippen LogP contribution in [0.1, 0.15) is 105 Å². The molecule has 0 bridgehead atoms. The van der Waals surface area contributed by atoms with Gasteiger partial charge in [0.05, 0.1) is 45.5 Å². The summed E-state index contributed by atoms with van der Waals surface area (Å²) >= 11 is 0. The van der Waals surface area contributed by atoms with Gasteiger partial charge in [0.2, 0.25) is 0 Å². The predicted octanol–water partition coefficient (Wildman–Crippen LogP) is 25.3. The fourth-order valence-corrected chi connectivity index (χ4v) is 14.6. The van der Waals surface area contributed by atoms with Crippen molar-refractivity contribution >= 4 is 130 Å². The Balaban J connectivity index is 0.00000792. The maximum Gasteiger partial charge on any atom is 2.00 e. The Morgan fingerprint density at radius 2 is 0.573 bits per heavy atom. The van der Waals surface area contributed by atoms with Crippen LogP contribution in [0.25, 0.3) is 0 Å². The summed E-state index contributed by atoms with van der Waals surface area (Å²) in [6.07, 6.45) is 0. The number of para-hydroxylation sites is 11. The third kappa shape index (κ3) is 10.8. The van der Waals surface area contributed by atoms with Crippen molar-refractivity contribution in [1.29, 1.82) is 0 Å². The molecule has 96 heavy (non-hydrogen) atoms. The van der Waals surface area contributed by atoms with Crippen LogP contribution in [0.3, 0.4) is 0 Å². The van der Waals surface area contributed by atoms with E-state index < -0.39 is 0 Å². The summed E-state index contributed by atoms with van der Waals surface area (Å²) in [6.45, 7) is 27.8. The normalized spacial score (nSPS) is 13.2. The van der Waals surface area contributed by atoms with Crippen molar-refractivity contribution in [2.24, 2.45) is 0 Å². The van der Waals surface area contributed by atoms with E-state index in [1.807, 2.05) is 0 Å². The molecule has 12 aromatic carbocycles. The monoisotopic (exact) mass is 1240 g/mol. The van der Waals surface area contributed by atoms with Crippen molar-refractivity contribution < 1.29 is 0 Å². The van der Waals surface area contributed by atoms with Gasteiger partial charge < -0.3 is 34.3 Å². The minimum Gasteiger partial charge on any atom is -0.365 e. The van der Waals surface area contributed by atoms with Crippen molar-refractivity contribution in [2.45, 2.75) is 105 Å². The second-order valence-corrected chi connectivity index (χ2v) is 29.4. The van der Waals surface area contributed by atoms with Gasteiger partial charge in [-0.3, -0.25) is 0 Å². The molecule has 7 nitrogen and oxygen atoms in total. The average molecular weight is 1250 g/mol. The summed E-state index contributed by atoms with van der Waals surface area (Å²) in [7, 11) is 0. The topological polar surface area (TPSA) is 22.7 Å². The van der Waals surface area contributed by atoms with Gasteiger partial charge in [0.25, 0.3) is 0 Å². The molecule has 0 saturated heterocycles. The number of hydrogen-bond donors (Lipinski definition) is 0.